The van der Waals surface area contributed by atoms with Gasteiger partial charge in [-0.2, -0.15) is 0 Å². The Hall–Kier alpha value is -1.06. The Morgan fingerprint density at radius 2 is 2.05 bits per heavy atom. The molecule has 1 saturated carbocycles. The Morgan fingerprint density at radius 3 is 2.57 bits per heavy atom. The molecule has 0 radical (unpaired) electrons. The van der Waals surface area contributed by atoms with Gasteiger partial charge in [-0.25, -0.2) is 0 Å². The number of carboxylic acids is 1. The molecule has 1 aliphatic rings. The highest BCUT2D eigenvalue weighted by atomic mass is 35.5. The maximum Gasteiger partial charge on any atom is 0.305 e. The summed E-state index contributed by atoms with van der Waals surface area (Å²) in [4.78, 5) is 10.7. The number of carbonyl (C=O) groups is 1. The van der Waals surface area contributed by atoms with E-state index in [9.17, 15) is 4.79 Å². The summed E-state index contributed by atoms with van der Waals surface area (Å²) in [6.07, 6.45) is 4.68. The van der Waals surface area contributed by atoms with Gasteiger partial charge in [-0.15, -0.1) is 0 Å². The topological polar surface area (TPSA) is 63.3 Å². The Balaban J connectivity index is 2.11. The summed E-state index contributed by atoms with van der Waals surface area (Å²) in [6, 6.07) is 5.29. The molecule has 3 N–H and O–H groups in total. The minimum Gasteiger partial charge on any atom is -0.481 e. The van der Waals surface area contributed by atoms with Gasteiger partial charge in [0, 0.05) is 11.1 Å². The molecule has 0 aromatic heterocycles. The molecule has 116 valence electrons. The van der Waals surface area contributed by atoms with Crippen LogP contribution in [0.1, 0.15) is 69.0 Å². The monoisotopic (exact) mass is 309 g/mol. The van der Waals surface area contributed by atoms with Crippen LogP contribution in [-0.2, 0) is 4.79 Å². The van der Waals surface area contributed by atoms with Gasteiger partial charge in [0.2, 0.25) is 0 Å². The van der Waals surface area contributed by atoms with Crippen LogP contribution in [0.3, 0.4) is 0 Å². The highest BCUT2D eigenvalue weighted by molar-refractivity contribution is 6.31. The van der Waals surface area contributed by atoms with Crippen LogP contribution in [0.25, 0.3) is 0 Å². The first-order chi connectivity index (χ1) is 9.78. The zero-order chi connectivity index (χ0) is 15.6. The van der Waals surface area contributed by atoms with Crippen LogP contribution in [-0.4, -0.2) is 11.1 Å². The van der Waals surface area contributed by atoms with Crippen LogP contribution in [0.15, 0.2) is 18.2 Å². The second-order valence-electron chi connectivity index (χ2n) is 6.92. The molecular weight excluding hydrogens is 286 g/mol. The van der Waals surface area contributed by atoms with Gasteiger partial charge >= 0.3 is 5.97 Å². The minimum absolute atomic E-state index is 0.0761. The molecule has 1 unspecified atom stereocenters. The highest BCUT2D eigenvalue weighted by Gasteiger charge is 2.28. The molecule has 1 aromatic carbocycles. The van der Waals surface area contributed by atoms with Gasteiger partial charge in [0.25, 0.3) is 0 Å². The molecule has 0 spiro atoms. The molecule has 21 heavy (non-hydrogen) atoms. The third-order valence-corrected chi connectivity index (χ3v) is 4.95. The summed E-state index contributed by atoms with van der Waals surface area (Å²) in [7, 11) is 0. The van der Waals surface area contributed by atoms with E-state index >= 15 is 0 Å². The lowest BCUT2D eigenvalue weighted by atomic mass is 9.71. The van der Waals surface area contributed by atoms with E-state index in [0.717, 1.165) is 23.4 Å². The van der Waals surface area contributed by atoms with Crippen molar-refractivity contribution in [1.82, 2.24) is 0 Å². The first-order valence-electron chi connectivity index (χ1n) is 7.55. The lowest BCUT2D eigenvalue weighted by Gasteiger charge is -2.35. The molecule has 0 heterocycles. The number of hydrogen-bond donors (Lipinski definition) is 2. The molecular formula is C17H24ClNO2. The molecule has 1 aromatic rings. The number of nitrogens with two attached hydrogens (primary N) is 1. The third kappa shape index (κ3) is 4.21. The number of rotatable bonds is 4. The number of hydrogen-bond acceptors (Lipinski definition) is 2. The SMILES string of the molecule is CC1(C)CCC(c2ccc(C(N)CC(=O)O)cc2Cl)CC1. The van der Waals surface area contributed by atoms with Crippen LogP contribution in [0, 0.1) is 5.41 Å². The zero-order valence-corrected chi connectivity index (χ0v) is 13.5. The largest absolute Gasteiger partial charge is 0.481 e. The second kappa shape index (κ2) is 6.37. The van der Waals surface area contributed by atoms with Gasteiger partial charge in [0.1, 0.15) is 0 Å². The summed E-state index contributed by atoms with van der Waals surface area (Å²) < 4.78 is 0. The maximum absolute atomic E-state index is 10.7. The molecule has 2 rings (SSSR count). The summed E-state index contributed by atoms with van der Waals surface area (Å²) in [5, 5.41) is 9.53. The van der Waals surface area contributed by atoms with Gasteiger partial charge in [-0.05, 0) is 54.2 Å². The third-order valence-electron chi connectivity index (χ3n) is 4.63. The van der Waals surface area contributed by atoms with Crippen molar-refractivity contribution in [2.24, 2.45) is 11.1 Å². The number of halogens is 1. The maximum atomic E-state index is 10.7. The average Bonchev–Trinajstić information content (AvgIpc) is 2.38. The lowest BCUT2D eigenvalue weighted by Crippen LogP contribution is -2.20. The van der Waals surface area contributed by atoms with Gasteiger partial charge in [-0.1, -0.05) is 37.6 Å². The standard InChI is InChI=1S/C17H24ClNO2/c1-17(2)7-5-11(6-8-17)13-4-3-12(9-14(13)18)15(19)10-16(20)21/h3-4,9,11,15H,5-8,10,19H2,1-2H3,(H,20,21). The van der Waals surface area contributed by atoms with Crippen molar-refractivity contribution in [2.75, 3.05) is 0 Å². The molecule has 1 aliphatic carbocycles. The normalized spacial score (nSPS) is 20.2. The smallest absolute Gasteiger partial charge is 0.305 e. The van der Waals surface area contributed by atoms with Crippen molar-refractivity contribution >= 4 is 17.6 Å². The fourth-order valence-electron chi connectivity index (χ4n) is 3.12. The van der Waals surface area contributed by atoms with Gasteiger partial charge < -0.3 is 10.8 Å². The molecule has 0 saturated heterocycles. The molecule has 0 bridgehead atoms. The van der Waals surface area contributed by atoms with Crippen molar-refractivity contribution in [3.8, 4) is 0 Å². The van der Waals surface area contributed by atoms with Gasteiger partial charge in [-0.3, -0.25) is 4.79 Å². The van der Waals surface area contributed by atoms with Crippen LogP contribution in [0.5, 0.6) is 0 Å². The van der Waals surface area contributed by atoms with E-state index in [1.54, 1.807) is 0 Å². The van der Waals surface area contributed by atoms with Crippen LogP contribution >= 0.6 is 11.6 Å². The van der Waals surface area contributed by atoms with E-state index in [1.807, 2.05) is 18.2 Å². The molecule has 4 heteroatoms. The molecule has 1 fully saturated rings. The van der Waals surface area contributed by atoms with Crippen molar-refractivity contribution in [3.63, 3.8) is 0 Å². The van der Waals surface area contributed by atoms with E-state index < -0.39 is 12.0 Å². The predicted molar refractivity (Wildman–Crippen MR) is 85.6 cm³/mol. The Labute approximate surface area is 131 Å². The molecule has 0 amide bonds. The highest BCUT2D eigenvalue weighted by Crippen LogP contribution is 2.44. The van der Waals surface area contributed by atoms with Crippen molar-refractivity contribution in [3.05, 3.63) is 34.3 Å². The number of aliphatic carboxylic acids is 1. The van der Waals surface area contributed by atoms with E-state index in [2.05, 4.69) is 13.8 Å². The van der Waals surface area contributed by atoms with Crippen LogP contribution in [0.2, 0.25) is 5.02 Å². The van der Waals surface area contributed by atoms with E-state index in [-0.39, 0.29) is 6.42 Å². The Bertz CT molecular complexity index is 518. The quantitative estimate of drug-likeness (QED) is 0.860. The summed E-state index contributed by atoms with van der Waals surface area (Å²) >= 11 is 6.41. The van der Waals surface area contributed by atoms with Gasteiger partial charge in [0.05, 0.1) is 6.42 Å². The Morgan fingerprint density at radius 1 is 1.43 bits per heavy atom. The van der Waals surface area contributed by atoms with Gasteiger partial charge in [0.15, 0.2) is 0 Å². The van der Waals surface area contributed by atoms with E-state index in [0.29, 0.717) is 11.3 Å². The number of benzene rings is 1. The first-order valence-corrected chi connectivity index (χ1v) is 7.93. The zero-order valence-electron chi connectivity index (χ0n) is 12.7. The number of carboxylic acid groups (broad SMARTS) is 1. The van der Waals surface area contributed by atoms with Crippen molar-refractivity contribution in [1.29, 1.82) is 0 Å². The Kier molecular flexibility index (Phi) is 4.95. The van der Waals surface area contributed by atoms with Crippen LogP contribution < -0.4 is 5.73 Å². The average molecular weight is 310 g/mol. The van der Waals surface area contributed by atoms with Crippen molar-refractivity contribution < 1.29 is 9.90 Å². The van der Waals surface area contributed by atoms with E-state index in [4.69, 9.17) is 22.4 Å². The van der Waals surface area contributed by atoms with E-state index in [1.165, 1.54) is 18.4 Å². The summed E-state index contributed by atoms with van der Waals surface area (Å²) in [5.74, 6) is -0.382. The lowest BCUT2D eigenvalue weighted by molar-refractivity contribution is -0.137. The van der Waals surface area contributed by atoms with Crippen LogP contribution in [0.4, 0.5) is 0 Å². The predicted octanol–water partition coefficient (Wildman–Crippen LogP) is 4.50. The second-order valence-corrected chi connectivity index (χ2v) is 7.33. The minimum atomic E-state index is -0.891. The van der Waals surface area contributed by atoms with Crippen molar-refractivity contribution in [2.45, 2.75) is 57.9 Å². The summed E-state index contributed by atoms with van der Waals surface area (Å²) in [5.41, 5.74) is 8.30. The first kappa shape index (κ1) is 16.3. The molecule has 0 aliphatic heterocycles. The molecule has 3 nitrogen and oxygen atoms in total. The summed E-state index contributed by atoms with van der Waals surface area (Å²) in [6.45, 7) is 4.64. The molecule has 1 atom stereocenters. The fraction of sp³-hybridized carbons (Fsp3) is 0.588. The fourth-order valence-corrected chi connectivity index (χ4v) is 3.46.